The van der Waals surface area contributed by atoms with Gasteiger partial charge in [-0.1, -0.05) is 0 Å². The van der Waals surface area contributed by atoms with Crippen LogP contribution < -0.4 is 11.5 Å². The standard InChI is InChI=1S/C12H12N4OS/c1-7-4-5-15-12(16-7)18-10-6-8(11(14)17)2-3-9(10)13/h2-6H,13H2,1H3,(H2,14,17). The summed E-state index contributed by atoms with van der Waals surface area (Å²) < 4.78 is 0. The van der Waals surface area contributed by atoms with Gasteiger partial charge in [-0.15, -0.1) is 0 Å². The minimum atomic E-state index is -0.484. The molecule has 0 bridgehead atoms. The number of nitrogens with zero attached hydrogens (tertiary/aromatic N) is 2. The Hall–Kier alpha value is -2.08. The van der Waals surface area contributed by atoms with E-state index in [1.54, 1.807) is 24.4 Å². The second kappa shape index (κ2) is 5.05. The van der Waals surface area contributed by atoms with Gasteiger partial charge < -0.3 is 11.5 Å². The van der Waals surface area contributed by atoms with E-state index in [-0.39, 0.29) is 0 Å². The molecule has 4 N–H and O–H groups in total. The molecule has 1 aromatic carbocycles. The summed E-state index contributed by atoms with van der Waals surface area (Å²) in [5, 5.41) is 0.586. The molecule has 0 aliphatic carbocycles. The van der Waals surface area contributed by atoms with Crippen molar-refractivity contribution in [2.45, 2.75) is 17.0 Å². The summed E-state index contributed by atoms with van der Waals surface area (Å²) in [6.07, 6.45) is 1.68. The minimum Gasteiger partial charge on any atom is -0.398 e. The summed E-state index contributed by atoms with van der Waals surface area (Å²) in [4.78, 5) is 20.2. The van der Waals surface area contributed by atoms with Gasteiger partial charge in [0, 0.05) is 28.0 Å². The number of anilines is 1. The van der Waals surface area contributed by atoms with Crippen LogP contribution in [-0.2, 0) is 0 Å². The Morgan fingerprint density at radius 2 is 2.11 bits per heavy atom. The Morgan fingerprint density at radius 1 is 1.33 bits per heavy atom. The van der Waals surface area contributed by atoms with Crippen molar-refractivity contribution < 1.29 is 4.79 Å². The molecule has 0 aliphatic heterocycles. The Morgan fingerprint density at radius 3 is 2.78 bits per heavy atom. The number of nitrogen functional groups attached to an aromatic ring is 1. The van der Waals surface area contributed by atoms with Gasteiger partial charge in [-0.25, -0.2) is 9.97 Å². The van der Waals surface area contributed by atoms with Crippen LogP contribution in [0.25, 0.3) is 0 Å². The number of hydrogen-bond acceptors (Lipinski definition) is 5. The second-order valence-electron chi connectivity index (χ2n) is 3.70. The maximum atomic E-state index is 11.1. The Kier molecular flexibility index (Phi) is 3.47. The summed E-state index contributed by atoms with van der Waals surface area (Å²) in [7, 11) is 0. The Balaban J connectivity index is 2.33. The van der Waals surface area contributed by atoms with Gasteiger partial charge in [-0.2, -0.15) is 0 Å². The normalized spacial score (nSPS) is 10.3. The van der Waals surface area contributed by atoms with Gasteiger partial charge >= 0.3 is 0 Å². The number of carbonyl (C=O) groups is 1. The van der Waals surface area contributed by atoms with E-state index in [2.05, 4.69) is 9.97 Å². The molecule has 1 heterocycles. The number of rotatable bonds is 3. The smallest absolute Gasteiger partial charge is 0.248 e. The molecule has 0 aliphatic rings. The van der Waals surface area contributed by atoms with E-state index >= 15 is 0 Å². The predicted molar refractivity (Wildman–Crippen MR) is 70.3 cm³/mol. The first-order valence-corrected chi connectivity index (χ1v) is 6.05. The van der Waals surface area contributed by atoms with Gasteiger partial charge in [0.25, 0.3) is 0 Å². The highest BCUT2D eigenvalue weighted by Crippen LogP contribution is 2.30. The highest BCUT2D eigenvalue weighted by molar-refractivity contribution is 7.99. The van der Waals surface area contributed by atoms with Gasteiger partial charge in [-0.05, 0) is 43.0 Å². The molecule has 0 saturated carbocycles. The van der Waals surface area contributed by atoms with Crippen LogP contribution in [0.1, 0.15) is 16.1 Å². The van der Waals surface area contributed by atoms with Gasteiger partial charge in [0.2, 0.25) is 5.91 Å². The first-order chi connectivity index (χ1) is 8.56. The summed E-state index contributed by atoms with van der Waals surface area (Å²) in [5.41, 5.74) is 12.9. The molecule has 92 valence electrons. The van der Waals surface area contributed by atoms with E-state index in [0.29, 0.717) is 16.4 Å². The molecule has 0 spiro atoms. The number of benzene rings is 1. The van der Waals surface area contributed by atoms with Crippen molar-refractivity contribution in [2.75, 3.05) is 5.73 Å². The van der Waals surface area contributed by atoms with Crippen molar-refractivity contribution in [3.63, 3.8) is 0 Å². The van der Waals surface area contributed by atoms with E-state index in [0.717, 1.165) is 10.6 Å². The highest BCUT2D eigenvalue weighted by atomic mass is 32.2. The molecule has 2 aromatic rings. The number of amides is 1. The zero-order chi connectivity index (χ0) is 13.1. The topological polar surface area (TPSA) is 94.9 Å². The molecule has 0 saturated heterocycles. The predicted octanol–water partition coefficient (Wildman–Crippen LogP) is 1.62. The van der Waals surface area contributed by atoms with E-state index < -0.39 is 5.91 Å². The molecule has 1 amide bonds. The lowest BCUT2D eigenvalue weighted by molar-refractivity contribution is 0.1000. The average molecular weight is 260 g/mol. The number of primary amides is 1. The van der Waals surface area contributed by atoms with Crippen LogP contribution in [0.5, 0.6) is 0 Å². The van der Waals surface area contributed by atoms with Gasteiger partial charge in [0.15, 0.2) is 5.16 Å². The van der Waals surface area contributed by atoms with Gasteiger partial charge in [0.05, 0.1) is 0 Å². The number of aromatic nitrogens is 2. The van der Waals surface area contributed by atoms with E-state index in [1.165, 1.54) is 11.8 Å². The molecule has 0 radical (unpaired) electrons. The van der Waals surface area contributed by atoms with Crippen LogP contribution in [-0.4, -0.2) is 15.9 Å². The molecule has 0 fully saturated rings. The van der Waals surface area contributed by atoms with Crippen LogP contribution >= 0.6 is 11.8 Å². The third-order valence-corrected chi connectivity index (χ3v) is 3.22. The Bertz CT molecular complexity index is 600. The Labute approximate surface area is 109 Å². The first kappa shape index (κ1) is 12.4. The monoisotopic (exact) mass is 260 g/mol. The molecule has 18 heavy (non-hydrogen) atoms. The second-order valence-corrected chi connectivity index (χ2v) is 4.71. The largest absolute Gasteiger partial charge is 0.398 e. The SMILES string of the molecule is Cc1ccnc(Sc2cc(C(N)=O)ccc2N)n1. The quantitative estimate of drug-likeness (QED) is 0.646. The first-order valence-electron chi connectivity index (χ1n) is 5.23. The van der Waals surface area contributed by atoms with Crippen LogP contribution in [0, 0.1) is 6.92 Å². The van der Waals surface area contributed by atoms with E-state index in [4.69, 9.17) is 11.5 Å². The van der Waals surface area contributed by atoms with Crippen molar-refractivity contribution in [1.29, 1.82) is 0 Å². The zero-order valence-corrected chi connectivity index (χ0v) is 10.6. The van der Waals surface area contributed by atoms with Crippen molar-refractivity contribution >= 4 is 23.4 Å². The minimum absolute atomic E-state index is 0.416. The fraction of sp³-hybridized carbons (Fsp3) is 0.0833. The van der Waals surface area contributed by atoms with Crippen LogP contribution in [0.3, 0.4) is 0 Å². The molecule has 5 nitrogen and oxygen atoms in total. The van der Waals surface area contributed by atoms with Crippen LogP contribution in [0.4, 0.5) is 5.69 Å². The fourth-order valence-corrected chi connectivity index (χ4v) is 2.22. The van der Waals surface area contributed by atoms with Crippen LogP contribution in [0.2, 0.25) is 0 Å². The van der Waals surface area contributed by atoms with Crippen molar-refractivity contribution in [3.8, 4) is 0 Å². The summed E-state index contributed by atoms with van der Waals surface area (Å²) in [6, 6.07) is 6.71. The van der Waals surface area contributed by atoms with Gasteiger partial charge in [-0.3, -0.25) is 4.79 Å². The van der Waals surface area contributed by atoms with E-state index in [9.17, 15) is 4.79 Å². The third kappa shape index (κ3) is 2.78. The lowest BCUT2D eigenvalue weighted by atomic mass is 10.2. The molecule has 0 atom stereocenters. The molecule has 6 heteroatoms. The lowest BCUT2D eigenvalue weighted by Gasteiger charge is -2.06. The summed E-state index contributed by atoms with van der Waals surface area (Å²) in [6.45, 7) is 1.88. The average Bonchev–Trinajstić information content (AvgIpc) is 2.31. The zero-order valence-electron chi connectivity index (χ0n) is 9.75. The van der Waals surface area contributed by atoms with E-state index in [1.807, 2.05) is 13.0 Å². The lowest BCUT2D eigenvalue weighted by Crippen LogP contribution is -2.11. The molecular formula is C12H12N4OS. The molecule has 2 rings (SSSR count). The van der Waals surface area contributed by atoms with Crippen molar-refractivity contribution in [3.05, 3.63) is 41.7 Å². The van der Waals surface area contributed by atoms with Crippen molar-refractivity contribution in [1.82, 2.24) is 9.97 Å². The molecule has 1 aromatic heterocycles. The fourth-order valence-electron chi connectivity index (χ4n) is 1.35. The highest BCUT2D eigenvalue weighted by Gasteiger charge is 2.08. The number of aryl methyl sites for hydroxylation is 1. The maximum Gasteiger partial charge on any atom is 0.248 e. The summed E-state index contributed by atoms with van der Waals surface area (Å²) in [5.74, 6) is -0.484. The maximum absolute atomic E-state index is 11.1. The van der Waals surface area contributed by atoms with Crippen LogP contribution in [0.15, 0.2) is 40.5 Å². The van der Waals surface area contributed by atoms with Crippen molar-refractivity contribution in [2.24, 2.45) is 5.73 Å². The number of carbonyl (C=O) groups excluding carboxylic acids is 1. The number of nitrogens with two attached hydrogens (primary N) is 2. The van der Waals surface area contributed by atoms with Gasteiger partial charge in [0.1, 0.15) is 0 Å². The third-order valence-electron chi connectivity index (χ3n) is 2.27. The summed E-state index contributed by atoms with van der Waals surface area (Å²) >= 11 is 1.30. The number of hydrogen-bond donors (Lipinski definition) is 2. The molecule has 0 unspecified atom stereocenters. The molecular weight excluding hydrogens is 248 g/mol.